The highest BCUT2D eigenvalue weighted by molar-refractivity contribution is 9.10. The molecule has 0 aliphatic carbocycles. The second kappa shape index (κ2) is 4.87. The van der Waals surface area contributed by atoms with Gasteiger partial charge in [0.05, 0.1) is 22.5 Å². The fourth-order valence-corrected chi connectivity index (χ4v) is 1.60. The van der Waals surface area contributed by atoms with Gasteiger partial charge in [-0.25, -0.2) is 4.79 Å². The van der Waals surface area contributed by atoms with Crippen molar-refractivity contribution in [1.82, 2.24) is 0 Å². The Morgan fingerprint density at radius 2 is 1.71 bits per heavy atom. The Morgan fingerprint density at radius 1 is 1.24 bits per heavy atom. The van der Waals surface area contributed by atoms with Gasteiger partial charge in [-0.15, -0.1) is 0 Å². The Morgan fingerprint density at radius 3 is 2.12 bits per heavy atom. The third kappa shape index (κ3) is 2.56. The topological polar surface area (TPSA) is 113 Å². The summed E-state index contributed by atoms with van der Waals surface area (Å²) >= 11 is 2.91. The van der Waals surface area contributed by atoms with Crippen LogP contribution in [-0.4, -0.2) is 22.9 Å². The van der Waals surface area contributed by atoms with E-state index < -0.39 is 27.2 Å². The third-order valence-electron chi connectivity index (χ3n) is 1.86. The fraction of sp³-hybridized carbons (Fsp3) is 0.125. The Kier molecular flexibility index (Phi) is 3.73. The van der Waals surface area contributed by atoms with E-state index in [1.165, 1.54) is 0 Å². The molecule has 0 heterocycles. The van der Waals surface area contributed by atoms with Gasteiger partial charge in [-0.2, -0.15) is 0 Å². The molecule has 0 saturated heterocycles. The molecule has 0 saturated carbocycles. The van der Waals surface area contributed by atoms with Crippen molar-refractivity contribution in [2.45, 2.75) is 0 Å². The third-order valence-corrected chi connectivity index (χ3v) is 2.52. The first-order valence-electron chi connectivity index (χ1n) is 4.09. The van der Waals surface area contributed by atoms with Crippen LogP contribution < -0.4 is 0 Å². The van der Waals surface area contributed by atoms with Crippen LogP contribution in [0.1, 0.15) is 10.4 Å². The van der Waals surface area contributed by atoms with Gasteiger partial charge in [0.1, 0.15) is 0 Å². The van der Waals surface area contributed by atoms with Crippen molar-refractivity contribution >= 4 is 33.3 Å². The molecule has 17 heavy (non-hydrogen) atoms. The summed E-state index contributed by atoms with van der Waals surface area (Å²) in [5.41, 5.74) is -1.61. The van der Waals surface area contributed by atoms with Crippen LogP contribution in [0.2, 0.25) is 0 Å². The molecule has 0 N–H and O–H groups in total. The highest BCUT2D eigenvalue weighted by Crippen LogP contribution is 2.33. The lowest BCUT2D eigenvalue weighted by atomic mass is 10.2. The van der Waals surface area contributed by atoms with Crippen LogP contribution >= 0.6 is 15.9 Å². The minimum Gasteiger partial charge on any atom is -0.465 e. The molecular formula is C8H5BrN2O6. The molecule has 0 unspecified atom stereocenters. The number of methoxy groups -OCH3 is 1. The van der Waals surface area contributed by atoms with Crippen molar-refractivity contribution in [2.24, 2.45) is 0 Å². The molecule has 0 bridgehead atoms. The van der Waals surface area contributed by atoms with E-state index in [1.807, 2.05) is 0 Å². The second-order valence-electron chi connectivity index (χ2n) is 2.83. The number of carbonyl (C=O) groups is 1. The van der Waals surface area contributed by atoms with Gasteiger partial charge in [-0.05, 0) is 15.9 Å². The number of nitro benzene ring substituents is 2. The van der Waals surface area contributed by atoms with Crippen LogP contribution in [0.4, 0.5) is 11.4 Å². The Labute approximate surface area is 103 Å². The van der Waals surface area contributed by atoms with Crippen molar-refractivity contribution in [3.8, 4) is 0 Å². The zero-order chi connectivity index (χ0) is 13.2. The molecule has 0 atom stereocenters. The molecule has 0 radical (unpaired) electrons. The summed E-state index contributed by atoms with van der Waals surface area (Å²) in [7, 11) is 1.10. The van der Waals surface area contributed by atoms with Gasteiger partial charge in [-0.3, -0.25) is 20.2 Å². The van der Waals surface area contributed by atoms with E-state index in [9.17, 15) is 25.0 Å². The van der Waals surface area contributed by atoms with Crippen molar-refractivity contribution in [1.29, 1.82) is 0 Å². The van der Waals surface area contributed by atoms with Gasteiger partial charge in [0.15, 0.2) is 0 Å². The van der Waals surface area contributed by atoms with Crippen LogP contribution in [0.15, 0.2) is 16.6 Å². The molecular weight excluding hydrogens is 300 g/mol. The van der Waals surface area contributed by atoms with Crippen molar-refractivity contribution in [3.05, 3.63) is 42.4 Å². The standard InChI is InChI=1S/C8H5BrN2O6/c1-17-8(12)4-2-6(10(13)14)7(11(15)16)3-5(4)9/h2-3H,1H3. The average Bonchev–Trinajstić information content (AvgIpc) is 2.27. The number of nitrogens with zero attached hydrogens (tertiary/aromatic N) is 2. The predicted octanol–water partition coefficient (Wildman–Crippen LogP) is 2.05. The van der Waals surface area contributed by atoms with E-state index in [2.05, 4.69) is 20.7 Å². The number of halogens is 1. The lowest BCUT2D eigenvalue weighted by molar-refractivity contribution is -0.422. The number of ether oxygens (including phenoxy) is 1. The molecule has 0 aromatic heterocycles. The van der Waals surface area contributed by atoms with E-state index >= 15 is 0 Å². The van der Waals surface area contributed by atoms with Gasteiger partial charge in [0.25, 0.3) is 0 Å². The zero-order valence-corrected chi connectivity index (χ0v) is 9.96. The summed E-state index contributed by atoms with van der Waals surface area (Å²) in [6.07, 6.45) is 0. The first kappa shape index (κ1) is 13.0. The number of esters is 1. The molecule has 0 aliphatic rings. The van der Waals surface area contributed by atoms with Gasteiger partial charge in [-0.1, -0.05) is 0 Å². The lowest BCUT2D eigenvalue weighted by Crippen LogP contribution is -2.05. The Hall–Kier alpha value is -2.03. The fourth-order valence-electron chi connectivity index (χ4n) is 1.11. The zero-order valence-electron chi connectivity index (χ0n) is 8.38. The van der Waals surface area contributed by atoms with E-state index in [-0.39, 0.29) is 10.0 Å². The molecule has 9 heteroatoms. The van der Waals surface area contributed by atoms with E-state index in [0.717, 1.165) is 19.2 Å². The summed E-state index contributed by atoms with van der Waals surface area (Å²) in [4.78, 5) is 30.6. The summed E-state index contributed by atoms with van der Waals surface area (Å²) in [6.45, 7) is 0. The Bertz CT molecular complexity index is 515. The monoisotopic (exact) mass is 304 g/mol. The highest BCUT2D eigenvalue weighted by atomic mass is 79.9. The summed E-state index contributed by atoms with van der Waals surface area (Å²) < 4.78 is 4.45. The van der Waals surface area contributed by atoms with Gasteiger partial charge in [0, 0.05) is 16.6 Å². The van der Waals surface area contributed by atoms with Gasteiger partial charge < -0.3 is 4.74 Å². The number of benzene rings is 1. The van der Waals surface area contributed by atoms with E-state index in [1.54, 1.807) is 0 Å². The molecule has 0 amide bonds. The van der Waals surface area contributed by atoms with Crippen molar-refractivity contribution in [2.75, 3.05) is 7.11 Å². The quantitative estimate of drug-likeness (QED) is 0.480. The molecule has 8 nitrogen and oxygen atoms in total. The van der Waals surface area contributed by atoms with Crippen LogP contribution in [0.3, 0.4) is 0 Å². The molecule has 1 rings (SSSR count). The molecule has 1 aromatic rings. The van der Waals surface area contributed by atoms with Gasteiger partial charge >= 0.3 is 17.3 Å². The van der Waals surface area contributed by atoms with Crippen LogP contribution in [0.5, 0.6) is 0 Å². The molecule has 1 aromatic carbocycles. The summed E-state index contributed by atoms with van der Waals surface area (Å²) in [5, 5.41) is 21.2. The minimum atomic E-state index is -0.934. The average molecular weight is 305 g/mol. The molecule has 0 fully saturated rings. The van der Waals surface area contributed by atoms with E-state index in [4.69, 9.17) is 0 Å². The molecule has 90 valence electrons. The van der Waals surface area contributed by atoms with E-state index in [0.29, 0.717) is 0 Å². The van der Waals surface area contributed by atoms with Crippen molar-refractivity contribution in [3.63, 3.8) is 0 Å². The molecule has 0 aliphatic heterocycles. The summed E-state index contributed by atoms with van der Waals surface area (Å²) in [6, 6.07) is 1.69. The second-order valence-corrected chi connectivity index (χ2v) is 3.68. The lowest BCUT2D eigenvalue weighted by Gasteiger charge is -2.02. The molecule has 0 spiro atoms. The predicted molar refractivity (Wildman–Crippen MR) is 58.8 cm³/mol. The number of hydrogen-bond acceptors (Lipinski definition) is 6. The van der Waals surface area contributed by atoms with Crippen LogP contribution in [-0.2, 0) is 4.74 Å². The Balaban J connectivity index is 3.50. The highest BCUT2D eigenvalue weighted by Gasteiger charge is 2.28. The number of rotatable bonds is 3. The summed E-state index contributed by atoms with van der Waals surface area (Å²) in [5.74, 6) is -0.824. The van der Waals surface area contributed by atoms with Crippen LogP contribution in [0.25, 0.3) is 0 Å². The SMILES string of the molecule is COC(=O)c1cc([N+](=O)[O-])c([N+](=O)[O-])cc1Br. The van der Waals surface area contributed by atoms with Crippen LogP contribution in [0, 0.1) is 20.2 Å². The maximum absolute atomic E-state index is 11.2. The number of carbonyl (C=O) groups excluding carboxylic acids is 1. The van der Waals surface area contributed by atoms with Crippen molar-refractivity contribution < 1.29 is 19.4 Å². The smallest absolute Gasteiger partial charge is 0.347 e. The minimum absolute atomic E-state index is 0.0571. The van der Waals surface area contributed by atoms with Gasteiger partial charge in [0.2, 0.25) is 0 Å². The number of nitro groups is 2. The maximum Gasteiger partial charge on any atom is 0.347 e. The normalized spacial score (nSPS) is 9.76. The number of hydrogen-bond donors (Lipinski definition) is 0. The first-order valence-corrected chi connectivity index (χ1v) is 4.88. The first-order chi connectivity index (χ1) is 7.88. The maximum atomic E-state index is 11.2. The largest absolute Gasteiger partial charge is 0.465 e.